The Kier molecular flexibility index (Phi) is 4.29. The van der Waals surface area contributed by atoms with Gasteiger partial charge in [0.25, 0.3) is 10.8 Å². The van der Waals surface area contributed by atoms with Crippen LogP contribution in [0.15, 0.2) is 35.1 Å². The van der Waals surface area contributed by atoms with E-state index in [1.165, 1.54) is 35.0 Å². The summed E-state index contributed by atoms with van der Waals surface area (Å²) in [5.74, 6) is -0.371. The molecule has 2 aromatic rings. The van der Waals surface area contributed by atoms with Gasteiger partial charge in [-0.1, -0.05) is 6.92 Å². The largest absolute Gasteiger partial charge is 0.278 e. The minimum Gasteiger partial charge on any atom is -0.275 e. The normalized spacial score (nSPS) is 10.6. The first-order valence-corrected chi connectivity index (χ1v) is 6.48. The maximum Gasteiger partial charge on any atom is 0.278 e. The molecule has 20 heavy (non-hydrogen) atoms. The lowest BCUT2D eigenvalue weighted by Gasteiger charge is -2.08. The molecule has 1 aromatic heterocycles. The monoisotopic (exact) mass is 294 g/mol. The van der Waals surface area contributed by atoms with E-state index in [0.717, 1.165) is 0 Å². The Bertz CT molecular complexity index is 695. The SMILES string of the molecule is CCCn1nc(-c2ccc(F)cc2)cc(C(=O)Cl)c1=O. The number of hydrogen-bond acceptors (Lipinski definition) is 3. The summed E-state index contributed by atoms with van der Waals surface area (Å²) in [5.41, 5.74) is 0.365. The summed E-state index contributed by atoms with van der Waals surface area (Å²) < 4.78 is 14.1. The summed E-state index contributed by atoms with van der Waals surface area (Å²) in [6, 6.07) is 6.96. The predicted molar refractivity (Wildman–Crippen MR) is 74.4 cm³/mol. The lowest BCUT2D eigenvalue weighted by atomic mass is 10.1. The van der Waals surface area contributed by atoms with Gasteiger partial charge in [-0.15, -0.1) is 0 Å². The minimum atomic E-state index is -0.828. The zero-order chi connectivity index (χ0) is 14.7. The summed E-state index contributed by atoms with van der Waals surface area (Å²) in [5, 5.41) is 3.35. The molecule has 1 aromatic carbocycles. The van der Waals surface area contributed by atoms with Crippen molar-refractivity contribution in [1.29, 1.82) is 0 Å². The highest BCUT2D eigenvalue weighted by molar-refractivity contribution is 6.67. The van der Waals surface area contributed by atoms with Crippen molar-refractivity contribution < 1.29 is 9.18 Å². The van der Waals surface area contributed by atoms with Crippen LogP contribution in [0.4, 0.5) is 4.39 Å². The third-order valence-corrected chi connectivity index (χ3v) is 2.97. The molecule has 0 saturated heterocycles. The Morgan fingerprint density at radius 2 is 2.00 bits per heavy atom. The van der Waals surface area contributed by atoms with E-state index in [4.69, 9.17) is 11.6 Å². The molecule has 0 bridgehead atoms. The molecule has 0 spiro atoms. The average Bonchev–Trinajstić information content (AvgIpc) is 2.42. The lowest BCUT2D eigenvalue weighted by molar-refractivity contribution is 0.107. The highest BCUT2D eigenvalue weighted by Gasteiger charge is 2.14. The summed E-state index contributed by atoms with van der Waals surface area (Å²) in [4.78, 5) is 23.3. The number of aryl methyl sites for hydroxylation is 1. The molecule has 4 nitrogen and oxygen atoms in total. The van der Waals surface area contributed by atoms with Gasteiger partial charge in [0, 0.05) is 12.1 Å². The molecule has 1 heterocycles. The van der Waals surface area contributed by atoms with E-state index >= 15 is 0 Å². The molecule has 0 atom stereocenters. The number of carbonyl (C=O) groups excluding carboxylic acids is 1. The van der Waals surface area contributed by atoms with Gasteiger partial charge in [-0.3, -0.25) is 9.59 Å². The van der Waals surface area contributed by atoms with E-state index in [0.29, 0.717) is 24.2 Å². The first-order valence-electron chi connectivity index (χ1n) is 6.11. The number of aromatic nitrogens is 2. The third kappa shape index (κ3) is 2.93. The van der Waals surface area contributed by atoms with Crippen LogP contribution in [0.2, 0.25) is 0 Å². The molecule has 0 radical (unpaired) electrons. The number of hydrogen-bond donors (Lipinski definition) is 0. The fourth-order valence-electron chi connectivity index (χ4n) is 1.81. The van der Waals surface area contributed by atoms with Gasteiger partial charge in [0.05, 0.1) is 5.69 Å². The molecule has 0 aliphatic heterocycles. The maximum absolute atomic E-state index is 12.9. The number of benzene rings is 1. The van der Waals surface area contributed by atoms with E-state index < -0.39 is 10.8 Å². The van der Waals surface area contributed by atoms with Gasteiger partial charge >= 0.3 is 0 Å². The molecule has 104 valence electrons. The lowest BCUT2D eigenvalue weighted by Crippen LogP contribution is -2.27. The Labute approximate surface area is 119 Å². The van der Waals surface area contributed by atoms with Crippen molar-refractivity contribution in [3.63, 3.8) is 0 Å². The molecule has 0 unspecified atom stereocenters. The molecule has 0 aliphatic carbocycles. The van der Waals surface area contributed by atoms with Crippen LogP contribution >= 0.6 is 11.6 Å². The molecule has 0 aliphatic rings. The summed E-state index contributed by atoms with van der Waals surface area (Å²) in [7, 11) is 0. The average molecular weight is 295 g/mol. The van der Waals surface area contributed by atoms with Crippen molar-refractivity contribution in [3.05, 3.63) is 52.1 Å². The Morgan fingerprint density at radius 1 is 1.35 bits per heavy atom. The van der Waals surface area contributed by atoms with Gasteiger partial charge in [0.1, 0.15) is 11.4 Å². The van der Waals surface area contributed by atoms with Crippen molar-refractivity contribution in [2.24, 2.45) is 0 Å². The van der Waals surface area contributed by atoms with Crippen LogP contribution < -0.4 is 5.56 Å². The topological polar surface area (TPSA) is 52.0 Å². The van der Waals surface area contributed by atoms with Crippen molar-refractivity contribution >= 4 is 16.8 Å². The molecule has 0 saturated carbocycles. The fourth-order valence-corrected chi connectivity index (χ4v) is 1.94. The number of nitrogens with zero attached hydrogens (tertiary/aromatic N) is 2. The van der Waals surface area contributed by atoms with Gasteiger partial charge < -0.3 is 0 Å². The highest BCUT2D eigenvalue weighted by Crippen LogP contribution is 2.17. The van der Waals surface area contributed by atoms with E-state index in [1.54, 1.807) is 0 Å². The zero-order valence-electron chi connectivity index (χ0n) is 10.8. The van der Waals surface area contributed by atoms with E-state index in [-0.39, 0.29) is 11.4 Å². The Morgan fingerprint density at radius 3 is 2.55 bits per heavy atom. The third-order valence-electron chi connectivity index (χ3n) is 2.76. The van der Waals surface area contributed by atoms with Crippen LogP contribution in [-0.2, 0) is 6.54 Å². The number of carbonyl (C=O) groups is 1. The van der Waals surface area contributed by atoms with Crippen LogP contribution in [0, 0.1) is 5.82 Å². The van der Waals surface area contributed by atoms with Crippen LogP contribution in [0.1, 0.15) is 23.7 Å². The van der Waals surface area contributed by atoms with E-state index in [1.807, 2.05) is 6.92 Å². The zero-order valence-corrected chi connectivity index (χ0v) is 11.5. The van der Waals surface area contributed by atoms with Crippen LogP contribution in [0.3, 0.4) is 0 Å². The van der Waals surface area contributed by atoms with Crippen molar-refractivity contribution in [3.8, 4) is 11.3 Å². The van der Waals surface area contributed by atoms with E-state index in [2.05, 4.69) is 5.10 Å². The van der Waals surface area contributed by atoms with Gasteiger partial charge in [0.15, 0.2) is 0 Å². The van der Waals surface area contributed by atoms with Crippen LogP contribution in [-0.4, -0.2) is 15.0 Å². The second kappa shape index (κ2) is 5.96. The smallest absolute Gasteiger partial charge is 0.275 e. The fraction of sp³-hybridized carbons (Fsp3) is 0.214. The summed E-state index contributed by atoms with van der Waals surface area (Å²) >= 11 is 5.43. The van der Waals surface area contributed by atoms with Crippen LogP contribution in [0.5, 0.6) is 0 Å². The van der Waals surface area contributed by atoms with Gasteiger partial charge in [0.2, 0.25) is 0 Å². The Hall–Kier alpha value is -2.01. The Balaban J connectivity index is 2.61. The standard InChI is InChI=1S/C14H12ClFN2O2/c1-2-7-18-14(20)11(13(15)19)8-12(17-18)9-3-5-10(16)6-4-9/h3-6,8H,2,7H2,1H3. The van der Waals surface area contributed by atoms with Crippen LogP contribution in [0.25, 0.3) is 11.3 Å². The summed E-state index contributed by atoms with van der Waals surface area (Å²) in [6.07, 6.45) is 0.690. The summed E-state index contributed by atoms with van der Waals surface area (Å²) in [6.45, 7) is 2.27. The van der Waals surface area contributed by atoms with Crippen molar-refractivity contribution in [1.82, 2.24) is 9.78 Å². The molecular formula is C14H12ClFN2O2. The molecule has 0 fully saturated rings. The minimum absolute atomic E-state index is 0.130. The first kappa shape index (κ1) is 14.4. The maximum atomic E-state index is 12.9. The molecular weight excluding hydrogens is 283 g/mol. The second-order valence-corrected chi connectivity index (χ2v) is 4.60. The van der Waals surface area contributed by atoms with Crippen molar-refractivity contribution in [2.75, 3.05) is 0 Å². The number of halogens is 2. The molecule has 0 amide bonds. The first-order chi connectivity index (χ1) is 9.52. The highest BCUT2D eigenvalue weighted by atomic mass is 35.5. The predicted octanol–water partition coefficient (Wildman–Crippen LogP) is 2.84. The molecule has 0 N–H and O–H groups in total. The van der Waals surface area contributed by atoms with E-state index in [9.17, 15) is 14.0 Å². The van der Waals surface area contributed by atoms with Gasteiger partial charge in [-0.2, -0.15) is 5.10 Å². The second-order valence-electron chi connectivity index (χ2n) is 4.25. The number of rotatable bonds is 4. The quantitative estimate of drug-likeness (QED) is 0.815. The van der Waals surface area contributed by atoms with Gasteiger partial charge in [-0.05, 0) is 48.4 Å². The van der Waals surface area contributed by atoms with Crippen molar-refractivity contribution in [2.45, 2.75) is 19.9 Å². The van der Waals surface area contributed by atoms with Gasteiger partial charge in [-0.25, -0.2) is 9.07 Å². The molecule has 2 rings (SSSR count). The molecule has 6 heteroatoms.